The third-order valence-electron chi connectivity index (χ3n) is 4.76. The summed E-state index contributed by atoms with van der Waals surface area (Å²) in [6.45, 7) is 2.49. The summed E-state index contributed by atoms with van der Waals surface area (Å²) in [6, 6.07) is 8.99. The summed E-state index contributed by atoms with van der Waals surface area (Å²) < 4.78 is 10.6. The first-order valence-electron chi connectivity index (χ1n) is 8.50. The first kappa shape index (κ1) is 16.3. The van der Waals surface area contributed by atoms with Crippen LogP contribution in [0.2, 0.25) is 0 Å². The molecular formula is C18H26N2O3. The maximum Gasteiger partial charge on any atom is 0.234 e. The zero-order valence-electron chi connectivity index (χ0n) is 13.8. The smallest absolute Gasteiger partial charge is 0.234 e. The summed E-state index contributed by atoms with van der Waals surface area (Å²) in [5.74, 6) is 1.02. The van der Waals surface area contributed by atoms with Crippen LogP contribution in [0.3, 0.4) is 0 Å². The first-order chi connectivity index (χ1) is 11.3. The summed E-state index contributed by atoms with van der Waals surface area (Å²) in [4.78, 5) is 14.3. The van der Waals surface area contributed by atoms with E-state index in [-0.39, 0.29) is 5.91 Å². The Morgan fingerprint density at radius 2 is 1.96 bits per heavy atom. The highest BCUT2D eigenvalue weighted by Crippen LogP contribution is 2.27. The molecule has 1 aromatic carbocycles. The van der Waals surface area contributed by atoms with Crippen molar-refractivity contribution in [3.8, 4) is 5.75 Å². The van der Waals surface area contributed by atoms with Crippen molar-refractivity contribution in [1.29, 1.82) is 0 Å². The molecule has 1 aromatic rings. The highest BCUT2D eigenvalue weighted by atomic mass is 16.5. The van der Waals surface area contributed by atoms with Crippen molar-refractivity contribution in [1.82, 2.24) is 10.2 Å². The second kappa shape index (κ2) is 7.79. The number of fused-ring (bicyclic) bond motifs is 1. The zero-order valence-corrected chi connectivity index (χ0v) is 13.8. The summed E-state index contributed by atoms with van der Waals surface area (Å²) >= 11 is 0. The van der Waals surface area contributed by atoms with Gasteiger partial charge in [-0.15, -0.1) is 0 Å². The Kier molecular flexibility index (Phi) is 5.51. The predicted octanol–water partition coefficient (Wildman–Crippen LogP) is 1.95. The fraction of sp³-hybridized carbons (Fsp3) is 0.611. The molecule has 0 aromatic heterocycles. The summed E-state index contributed by atoms with van der Waals surface area (Å²) in [6.07, 6.45) is 4.78. The Balaban J connectivity index is 1.60. The number of amides is 1. The van der Waals surface area contributed by atoms with Crippen LogP contribution in [0.25, 0.3) is 0 Å². The Morgan fingerprint density at radius 3 is 2.74 bits per heavy atom. The van der Waals surface area contributed by atoms with Gasteiger partial charge in [0.15, 0.2) is 0 Å². The van der Waals surface area contributed by atoms with Crippen LogP contribution < -0.4 is 10.1 Å². The van der Waals surface area contributed by atoms with Crippen LogP contribution in [0.5, 0.6) is 5.75 Å². The summed E-state index contributed by atoms with van der Waals surface area (Å²) in [7, 11) is 1.67. The number of carbonyl (C=O) groups excluding carboxylic acids is 1. The molecule has 5 nitrogen and oxygen atoms in total. The number of nitrogens with one attached hydrogen (secondary N) is 1. The minimum atomic E-state index is 0.160. The molecule has 3 rings (SSSR count). The molecule has 126 valence electrons. The molecule has 1 amide bonds. The quantitative estimate of drug-likeness (QED) is 0.815. The average molecular weight is 318 g/mol. The molecule has 1 N–H and O–H groups in total. The molecule has 2 atom stereocenters. The van der Waals surface area contributed by atoms with E-state index in [2.05, 4.69) is 22.3 Å². The van der Waals surface area contributed by atoms with E-state index in [4.69, 9.17) is 9.47 Å². The molecule has 1 aliphatic carbocycles. The van der Waals surface area contributed by atoms with Crippen LogP contribution in [0.1, 0.15) is 31.2 Å². The molecule has 0 spiro atoms. The molecular weight excluding hydrogens is 292 g/mol. The average Bonchev–Trinajstić information content (AvgIpc) is 2.56. The van der Waals surface area contributed by atoms with E-state index >= 15 is 0 Å². The van der Waals surface area contributed by atoms with E-state index in [1.165, 1.54) is 24.8 Å². The van der Waals surface area contributed by atoms with Crippen molar-refractivity contribution in [2.24, 2.45) is 0 Å². The number of hydrogen-bond acceptors (Lipinski definition) is 4. The summed E-state index contributed by atoms with van der Waals surface area (Å²) in [5.41, 5.74) is 1.23. The molecule has 0 radical (unpaired) electrons. The topological polar surface area (TPSA) is 50.8 Å². The Bertz CT molecular complexity index is 518. The van der Waals surface area contributed by atoms with Gasteiger partial charge in [-0.1, -0.05) is 25.0 Å². The lowest BCUT2D eigenvalue weighted by molar-refractivity contribution is -0.128. The van der Waals surface area contributed by atoms with Gasteiger partial charge >= 0.3 is 0 Å². The number of hydrogen-bond donors (Lipinski definition) is 1. The molecule has 2 fully saturated rings. The molecule has 1 aliphatic heterocycles. The molecule has 1 heterocycles. The fourth-order valence-electron chi connectivity index (χ4n) is 3.61. The van der Waals surface area contributed by atoms with E-state index in [1.807, 2.05) is 12.1 Å². The van der Waals surface area contributed by atoms with Gasteiger partial charge in [-0.3, -0.25) is 9.69 Å². The van der Waals surface area contributed by atoms with Crippen LogP contribution in [0.4, 0.5) is 0 Å². The second-order valence-electron chi connectivity index (χ2n) is 6.42. The molecule has 23 heavy (non-hydrogen) atoms. The van der Waals surface area contributed by atoms with Crippen LogP contribution in [-0.2, 0) is 16.1 Å². The van der Waals surface area contributed by atoms with Crippen LogP contribution in [-0.4, -0.2) is 49.8 Å². The number of carbonyl (C=O) groups is 1. The van der Waals surface area contributed by atoms with Crippen LogP contribution >= 0.6 is 0 Å². The van der Waals surface area contributed by atoms with Gasteiger partial charge in [0.05, 0.1) is 13.2 Å². The number of rotatable bonds is 6. The second-order valence-corrected chi connectivity index (χ2v) is 6.42. The Labute approximate surface area is 137 Å². The fourth-order valence-corrected chi connectivity index (χ4v) is 3.61. The van der Waals surface area contributed by atoms with Gasteiger partial charge < -0.3 is 14.8 Å². The predicted molar refractivity (Wildman–Crippen MR) is 88.4 cm³/mol. The van der Waals surface area contributed by atoms with Gasteiger partial charge in [-0.2, -0.15) is 0 Å². The molecule has 1 saturated carbocycles. The number of methoxy groups -OCH3 is 1. The van der Waals surface area contributed by atoms with Crippen molar-refractivity contribution in [3.63, 3.8) is 0 Å². The minimum absolute atomic E-state index is 0.160. The lowest BCUT2D eigenvalue weighted by Crippen LogP contribution is -2.61. The molecule has 1 saturated heterocycles. The molecule has 5 heteroatoms. The molecule has 2 aliphatic rings. The Morgan fingerprint density at radius 1 is 1.17 bits per heavy atom. The van der Waals surface area contributed by atoms with Gasteiger partial charge in [-0.05, 0) is 30.5 Å². The number of benzene rings is 1. The van der Waals surface area contributed by atoms with Crippen molar-refractivity contribution in [2.75, 3.05) is 26.9 Å². The highest BCUT2D eigenvalue weighted by molar-refractivity contribution is 5.79. The summed E-state index contributed by atoms with van der Waals surface area (Å²) in [5, 5.41) is 3.16. The number of nitrogens with zero attached hydrogens (tertiary/aromatic N) is 1. The van der Waals surface area contributed by atoms with Crippen LogP contribution in [0, 0.1) is 0 Å². The van der Waals surface area contributed by atoms with E-state index < -0.39 is 0 Å². The zero-order chi connectivity index (χ0) is 16.1. The van der Waals surface area contributed by atoms with Crippen molar-refractivity contribution >= 4 is 5.91 Å². The van der Waals surface area contributed by atoms with E-state index in [1.54, 1.807) is 7.11 Å². The SMILES string of the molecule is COCCOc1ccc(CN2CC(=O)N[C@H]3CCCC[C@@H]32)cc1. The monoisotopic (exact) mass is 318 g/mol. The lowest BCUT2D eigenvalue weighted by Gasteiger charge is -2.44. The minimum Gasteiger partial charge on any atom is -0.491 e. The van der Waals surface area contributed by atoms with E-state index in [0.717, 1.165) is 18.7 Å². The normalized spacial score (nSPS) is 24.8. The van der Waals surface area contributed by atoms with Gasteiger partial charge in [0.2, 0.25) is 5.91 Å². The number of piperazine rings is 1. The van der Waals surface area contributed by atoms with Crippen molar-refractivity contribution in [3.05, 3.63) is 29.8 Å². The molecule has 0 unspecified atom stereocenters. The first-order valence-corrected chi connectivity index (χ1v) is 8.50. The van der Waals surface area contributed by atoms with Gasteiger partial charge in [0, 0.05) is 25.7 Å². The third-order valence-corrected chi connectivity index (χ3v) is 4.76. The maximum atomic E-state index is 11.9. The Hall–Kier alpha value is -1.59. The maximum absolute atomic E-state index is 11.9. The van der Waals surface area contributed by atoms with Gasteiger partial charge in [0.25, 0.3) is 0 Å². The third kappa shape index (κ3) is 4.24. The lowest BCUT2D eigenvalue weighted by atomic mass is 9.87. The van der Waals surface area contributed by atoms with Gasteiger partial charge in [-0.25, -0.2) is 0 Å². The van der Waals surface area contributed by atoms with Crippen LogP contribution in [0.15, 0.2) is 24.3 Å². The van der Waals surface area contributed by atoms with Gasteiger partial charge in [0.1, 0.15) is 12.4 Å². The number of ether oxygens (including phenoxy) is 2. The van der Waals surface area contributed by atoms with E-state index in [0.29, 0.717) is 31.8 Å². The van der Waals surface area contributed by atoms with Crippen molar-refractivity contribution < 1.29 is 14.3 Å². The molecule has 0 bridgehead atoms. The largest absolute Gasteiger partial charge is 0.491 e. The van der Waals surface area contributed by atoms with E-state index in [9.17, 15) is 4.79 Å². The van der Waals surface area contributed by atoms with Crippen molar-refractivity contribution in [2.45, 2.75) is 44.3 Å². The highest BCUT2D eigenvalue weighted by Gasteiger charge is 2.36. The standard InChI is InChI=1S/C18H26N2O3/c1-22-10-11-23-15-8-6-14(7-9-15)12-20-13-18(21)19-16-4-2-3-5-17(16)20/h6-9,16-17H,2-5,10-13H2,1H3,(H,19,21)/t16-,17-/m0/s1.